The Morgan fingerprint density at radius 1 is 1.20 bits per heavy atom. The first kappa shape index (κ1) is 9.58. The molecule has 1 aliphatic heterocycles. The molecule has 1 aromatic carbocycles. The maximum absolute atomic E-state index is 4.07. The summed E-state index contributed by atoms with van der Waals surface area (Å²) in [5.74, 6) is 0. The van der Waals surface area contributed by atoms with Crippen LogP contribution >= 0.6 is 0 Å². The molecule has 2 heterocycles. The Balaban J connectivity index is 0.000000144. The summed E-state index contributed by atoms with van der Waals surface area (Å²) in [6, 6.07) is 7.91. The number of hydrogen-bond acceptors (Lipinski definition) is 4. The molecule has 0 unspecified atom stereocenters. The number of benzene rings is 1. The van der Waals surface area contributed by atoms with Gasteiger partial charge in [-0.3, -0.25) is 4.99 Å². The van der Waals surface area contributed by atoms with Crippen LogP contribution in [0.15, 0.2) is 41.8 Å². The molecule has 0 saturated heterocycles. The lowest BCUT2D eigenvalue weighted by Gasteiger charge is -1.90. The molecule has 0 fully saturated rings. The third-order valence-electron chi connectivity index (χ3n) is 1.98. The van der Waals surface area contributed by atoms with Gasteiger partial charge in [-0.25, -0.2) is 9.97 Å². The number of hydrogen-bond donors (Lipinski definition) is 1. The third kappa shape index (κ3) is 2.74. The van der Waals surface area contributed by atoms with Crippen LogP contribution in [0, 0.1) is 0 Å². The number of nitrogens with one attached hydrogen (secondary N) is 1. The van der Waals surface area contributed by atoms with E-state index in [1.807, 2.05) is 30.5 Å². The highest BCUT2D eigenvalue weighted by Gasteiger charge is 1.87. The molecule has 1 aliphatic rings. The van der Waals surface area contributed by atoms with Gasteiger partial charge in [0.05, 0.1) is 18.4 Å². The molecule has 3 rings (SSSR count). The van der Waals surface area contributed by atoms with E-state index in [2.05, 4.69) is 20.3 Å². The van der Waals surface area contributed by atoms with Crippen molar-refractivity contribution in [3.8, 4) is 0 Å². The van der Waals surface area contributed by atoms with Crippen LogP contribution in [0.25, 0.3) is 10.9 Å². The smallest absolute Gasteiger partial charge is 0.116 e. The van der Waals surface area contributed by atoms with E-state index >= 15 is 0 Å². The third-order valence-corrected chi connectivity index (χ3v) is 1.98. The molecule has 0 saturated carbocycles. The van der Waals surface area contributed by atoms with Crippen LogP contribution in [0.2, 0.25) is 0 Å². The van der Waals surface area contributed by atoms with E-state index in [0.29, 0.717) is 0 Å². The van der Waals surface area contributed by atoms with Crippen molar-refractivity contribution in [3.63, 3.8) is 0 Å². The summed E-state index contributed by atoms with van der Waals surface area (Å²) in [6.07, 6.45) is 5.10. The topological polar surface area (TPSA) is 50.2 Å². The number of nitrogens with zero attached hydrogens (tertiary/aromatic N) is 3. The molecular formula is C11H12N4. The number of aromatic nitrogens is 2. The highest BCUT2D eigenvalue weighted by Crippen LogP contribution is 2.06. The molecule has 0 spiro atoms. The lowest BCUT2D eigenvalue weighted by atomic mass is 10.2. The summed E-state index contributed by atoms with van der Waals surface area (Å²) in [5.41, 5.74) is 0.998. The molecule has 15 heavy (non-hydrogen) atoms. The van der Waals surface area contributed by atoms with Gasteiger partial charge in [0.2, 0.25) is 0 Å². The largest absolute Gasteiger partial charge is 0.375 e. The predicted octanol–water partition coefficient (Wildman–Crippen LogP) is 1.25. The molecular weight excluding hydrogens is 188 g/mol. The standard InChI is InChI=1S/C8H6N2.C3H6N2/c1-2-4-8-7(3-1)5-9-6-10-8;1-2-5-3-4-1/h1-6H;3H,1-2H2,(H,4,5). The zero-order valence-corrected chi connectivity index (χ0v) is 8.30. The number of para-hydroxylation sites is 1. The molecule has 0 bridgehead atoms. The zero-order chi connectivity index (χ0) is 10.3. The van der Waals surface area contributed by atoms with Crippen LogP contribution in [-0.2, 0) is 0 Å². The zero-order valence-electron chi connectivity index (χ0n) is 8.30. The van der Waals surface area contributed by atoms with Crippen molar-refractivity contribution in [1.82, 2.24) is 15.3 Å². The van der Waals surface area contributed by atoms with Crippen LogP contribution < -0.4 is 5.32 Å². The summed E-state index contributed by atoms with van der Waals surface area (Å²) in [5, 5.41) is 4.02. The molecule has 0 atom stereocenters. The molecule has 76 valence electrons. The minimum Gasteiger partial charge on any atom is -0.375 e. The van der Waals surface area contributed by atoms with Crippen LogP contribution in [0.5, 0.6) is 0 Å². The number of rotatable bonds is 0. The average Bonchev–Trinajstić information content (AvgIpc) is 2.88. The maximum Gasteiger partial charge on any atom is 0.116 e. The SMILES string of the molecule is C1=NCCN1.c1ccc2ncncc2c1. The Hall–Kier alpha value is -1.97. The van der Waals surface area contributed by atoms with Gasteiger partial charge in [-0.15, -0.1) is 0 Å². The fourth-order valence-electron chi connectivity index (χ4n) is 1.25. The van der Waals surface area contributed by atoms with E-state index < -0.39 is 0 Å². The van der Waals surface area contributed by atoms with Gasteiger partial charge >= 0.3 is 0 Å². The maximum atomic E-state index is 4.07. The molecule has 1 N–H and O–H groups in total. The Bertz CT molecular complexity index is 382. The normalized spacial score (nSPS) is 13.1. The molecule has 0 amide bonds. The van der Waals surface area contributed by atoms with Crippen LogP contribution in [0.4, 0.5) is 0 Å². The molecule has 4 nitrogen and oxygen atoms in total. The van der Waals surface area contributed by atoms with Gasteiger partial charge in [0.1, 0.15) is 6.33 Å². The first-order valence-corrected chi connectivity index (χ1v) is 4.83. The van der Waals surface area contributed by atoms with Crippen molar-refractivity contribution in [2.45, 2.75) is 0 Å². The van der Waals surface area contributed by atoms with Crippen molar-refractivity contribution in [1.29, 1.82) is 0 Å². The summed E-state index contributed by atoms with van der Waals surface area (Å²) in [6.45, 7) is 1.99. The predicted molar refractivity (Wildman–Crippen MR) is 60.9 cm³/mol. The van der Waals surface area contributed by atoms with Crippen LogP contribution in [-0.4, -0.2) is 29.4 Å². The summed E-state index contributed by atoms with van der Waals surface area (Å²) < 4.78 is 0. The Kier molecular flexibility index (Phi) is 3.22. The fourth-order valence-corrected chi connectivity index (χ4v) is 1.25. The van der Waals surface area contributed by atoms with Gasteiger partial charge in [-0.05, 0) is 6.07 Å². The Labute approximate surface area is 88.1 Å². The highest BCUT2D eigenvalue weighted by atomic mass is 15.0. The summed E-state index contributed by atoms with van der Waals surface area (Å²) in [4.78, 5) is 11.8. The first-order chi connectivity index (χ1) is 7.47. The lowest BCUT2D eigenvalue weighted by Crippen LogP contribution is -2.04. The van der Waals surface area contributed by atoms with Gasteiger partial charge in [-0.1, -0.05) is 18.2 Å². The van der Waals surface area contributed by atoms with Crippen molar-refractivity contribution >= 4 is 17.2 Å². The minimum atomic E-state index is 0.958. The van der Waals surface area contributed by atoms with Crippen molar-refractivity contribution < 1.29 is 0 Å². The summed E-state index contributed by atoms with van der Waals surface area (Å²) >= 11 is 0. The number of aliphatic imine (C=N–C) groups is 1. The fraction of sp³-hybridized carbons (Fsp3) is 0.182. The molecule has 4 heteroatoms. The van der Waals surface area contributed by atoms with Gasteiger partial charge in [0, 0.05) is 18.1 Å². The van der Waals surface area contributed by atoms with E-state index in [-0.39, 0.29) is 0 Å². The molecule has 0 aliphatic carbocycles. The van der Waals surface area contributed by atoms with Crippen molar-refractivity contribution in [2.24, 2.45) is 4.99 Å². The van der Waals surface area contributed by atoms with Gasteiger partial charge in [-0.2, -0.15) is 0 Å². The van der Waals surface area contributed by atoms with E-state index in [1.54, 1.807) is 12.7 Å². The van der Waals surface area contributed by atoms with E-state index in [0.717, 1.165) is 24.0 Å². The Morgan fingerprint density at radius 3 is 2.80 bits per heavy atom. The van der Waals surface area contributed by atoms with Crippen LogP contribution in [0.3, 0.4) is 0 Å². The monoisotopic (exact) mass is 200 g/mol. The van der Waals surface area contributed by atoms with Crippen molar-refractivity contribution in [2.75, 3.05) is 13.1 Å². The van der Waals surface area contributed by atoms with Crippen LogP contribution in [0.1, 0.15) is 0 Å². The first-order valence-electron chi connectivity index (χ1n) is 4.83. The van der Waals surface area contributed by atoms with E-state index in [1.165, 1.54) is 0 Å². The average molecular weight is 200 g/mol. The van der Waals surface area contributed by atoms with Gasteiger partial charge < -0.3 is 5.32 Å². The lowest BCUT2D eigenvalue weighted by molar-refractivity contribution is 0.965. The van der Waals surface area contributed by atoms with E-state index in [9.17, 15) is 0 Å². The minimum absolute atomic E-state index is 0.958. The Morgan fingerprint density at radius 2 is 2.13 bits per heavy atom. The molecule has 2 aromatic rings. The van der Waals surface area contributed by atoms with Crippen molar-refractivity contribution in [3.05, 3.63) is 36.8 Å². The second-order valence-electron chi connectivity index (χ2n) is 3.07. The van der Waals surface area contributed by atoms with E-state index in [4.69, 9.17) is 0 Å². The molecule has 0 radical (unpaired) electrons. The van der Waals surface area contributed by atoms with Gasteiger partial charge in [0.15, 0.2) is 0 Å². The quantitative estimate of drug-likeness (QED) is 0.696. The summed E-state index contributed by atoms with van der Waals surface area (Å²) in [7, 11) is 0. The second-order valence-corrected chi connectivity index (χ2v) is 3.07. The second kappa shape index (κ2) is 5.05. The number of fused-ring (bicyclic) bond motifs is 1. The molecule has 1 aromatic heterocycles. The van der Waals surface area contributed by atoms with Gasteiger partial charge in [0.25, 0.3) is 0 Å². The highest BCUT2D eigenvalue weighted by molar-refractivity contribution is 5.76.